The van der Waals surface area contributed by atoms with Crippen LogP contribution in [-0.4, -0.2) is 44.8 Å². The number of amides is 1. The van der Waals surface area contributed by atoms with Crippen LogP contribution in [0.15, 0.2) is 5.38 Å². The van der Waals surface area contributed by atoms with E-state index < -0.39 is 30.3 Å². The number of hydrogen-bond acceptors (Lipinski definition) is 6. The van der Waals surface area contributed by atoms with Crippen LogP contribution in [0.25, 0.3) is 0 Å². The summed E-state index contributed by atoms with van der Waals surface area (Å²) in [5.41, 5.74) is 0.956. The maximum absolute atomic E-state index is 11.6. The molecule has 0 aromatic carbocycles. The number of carbonyl (C=O) groups is 3. The van der Waals surface area contributed by atoms with Crippen molar-refractivity contribution in [1.82, 2.24) is 10.3 Å². The Kier molecular flexibility index (Phi) is 7.17. The summed E-state index contributed by atoms with van der Waals surface area (Å²) in [6.07, 6.45) is -0.497. The van der Waals surface area contributed by atoms with Crippen molar-refractivity contribution in [2.75, 3.05) is 5.75 Å². The number of thioether (sulfide) groups is 1. The van der Waals surface area contributed by atoms with E-state index in [-0.39, 0.29) is 6.42 Å². The SMILES string of the molecule is Cc1nc(CSCCC(=O)N[C@H](CC(=O)O)C(=O)O)cs1. The average Bonchev–Trinajstić information content (AvgIpc) is 2.79. The van der Waals surface area contributed by atoms with Crippen molar-refractivity contribution in [2.24, 2.45) is 0 Å². The fraction of sp³-hybridized carbons (Fsp3) is 0.500. The zero-order valence-electron chi connectivity index (χ0n) is 11.4. The lowest BCUT2D eigenvalue weighted by Gasteiger charge is -2.12. The standard InChI is InChI=1S/C12H16N2O5S2/c1-7-13-8(6-21-7)5-20-3-2-10(15)14-9(12(18)19)4-11(16)17/h6,9H,2-5H2,1H3,(H,14,15)(H,16,17)(H,18,19)/t9-/m1/s1. The Morgan fingerprint density at radius 1 is 1.43 bits per heavy atom. The summed E-state index contributed by atoms with van der Waals surface area (Å²) in [5.74, 6) is -1.88. The van der Waals surface area contributed by atoms with E-state index in [0.717, 1.165) is 10.7 Å². The summed E-state index contributed by atoms with van der Waals surface area (Å²) in [6, 6.07) is -1.39. The molecular formula is C12H16N2O5S2. The molecule has 0 saturated carbocycles. The Labute approximate surface area is 129 Å². The summed E-state index contributed by atoms with van der Waals surface area (Å²) in [4.78, 5) is 37.1. The third-order valence-electron chi connectivity index (χ3n) is 2.40. The third-order valence-corrected chi connectivity index (χ3v) is 4.22. The Bertz CT molecular complexity index is 518. The second-order valence-electron chi connectivity index (χ2n) is 4.22. The Morgan fingerprint density at radius 3 is 2.67 bits per heavy atom. The van der Waals surface area contributed by atoms with Gasteiger partial charge in [-0.2, -0.15) is 11.8 Å². The average molecular weight is 332 g/mol. The van der Waals surface area contributed by atoms with Gasteiger partial charge >= 0.3 is 11.9 Å². The van der Waals surface area contributed by atoms with Gasteiger partial charge in [-0.25, -0.2) is 9.78 Å². The molecule has 1 amide bonds. The van der Waals surface area contributed by atoms with E-state index in [1.165, 1.54) is 11.8 Å². The number of aliphatic carboxylic acids is 2. The molecule has 1 aromatic heterocycles. The highest BCUT2D eigenvalue weighted by Gasteiger charge is 2.22. The minimum atomic E-state index is -1.39. The molecule has 1 rings (SSSR count). The topological polar surface area (TPSA) is 117 Å². The Balaban J connectivity index is 2.26. The number of nitrogens with zero attached hydrogens (tertiary/aromatic N) is 1. The van der Waals surface area contributed by atoms with Crippen LogP contribution in [0, 0.1) is 6.92 Å². The van der Waals surface area contributed by atoms with Gasteiger partial charge in [0.2, 0.25) is 5.91 Å². The van der Waals surface area contributed by atoms with Crippen molar-refractivity contribution in [1.29, 1.82) is 0 Å². The van der Waals surface area contributed by atoms with E-state index in [2.05, 4.69) is 10.3 Å². The number of thiazole rings is 1. The van der Waals surface area contributed by atoms with Crippen LogP contribution in [0.3, 0.4) is 0 Å². The largest absolute Gasteiger partial charge is 0.481 e. The minimum absolute atomic E-state index is 0.136. The van der Waals surface area contributed by atoms with Crippen molar-refractivity contribution in [2.45, 2.75) is 31.6 Å². The summed E-state index contributed by atoms with van der Waals surface area (Å²) in [7, 11) is 0. The molecule has 0 unspecified atom stereocenters. The fourth-order valence-electron chi connectivity index (χ4n) is 1.46. The van der Waals surface area contributed by atoms with Gasteiger partial charge in [-0.1, -0.05) is 0 Å². The molecule has 7 nitrogen and oxygen atoms in total. The lowest BCUT2D eigenvalue weighted by molar-refractivity contribution is -0.147. The molecule has 1 heterocycles. The van der Waals surface area contributed by atoms with Crippen molar-refractivity contribution in [3.05, 3.63) is 16.1 Å². The number of aromatic nitrogens is 1. The smallest absolute Gasteiger partial charge is 0.326 e. The molecule has 0 aliphatic heterocycles. The van der Waals surface area contributed by atoms with E-state index in [1.54, 1.807) is 11.3 Å². The summed E-state index contributed by atoms with van der Waals surface area (Å²) >= 11 is 3.08. The molecule has 9 heteroatoms. The number of carboxylic acids is 2. The van der Waals surface area contributed by atoms with E-state index in [9.17, 15) is 14.4 Å². The number of rotatable bonds is 9. The van der Waals surface area contributed by atoms with Crippen LogP contribution in [0.5, 0.6) is 0 Å². The molecule has 0 fully saturated rings. The quantitative estimate of drug-likeness (QED) is 0.580. The molecular weight excluding hydrogens is 316 g/mol. The monoisotopic (exact) mass is 332 g/mol. The fourth-order valence-corrected chi connectivity index (χ4v) is 3.01. The van der Waals surface area contributed by atoms with Crippen LogP contribution < -0.4 is 5.32 Å². The molecule has 1 aromatic rings. The van der Waals surface area contributed by atoms with E-state index in [0.29, 0.717) is 11.5 Å². The molecule has 0 aliphatic carbocycles. The highest BCUT2D eigenvalue weighted by atomic mass is 32.2. The maximum atomic E-state index is 11.6. The first-order valence-corrected chi connectivity index (χ1v) is 8.14. The van der Waals surface area contributed by atoms with E-state index >= 15 is 0 Å². The maximum Gasteiger partial charge on any atom is 0.326 e. The highest BCUT2D eigenvalue weighted by molar-refractivity contribution is 7.98. The van der Waals surface area contributed by atoms with E-state index in [1.807, 2.05) is 12.3 Å². The van der Waals surface area contributed by atoms with Crippen molar-refractivity contribution >= 4 is 40.9 Å². The van der Waals surface area contributed by atoms with Crippen LogP contribution in [0.2, 0.25) is 0 Å². The first-order valence-electron chi connectivity index (χ1n) is 6.11. The normalized spacial score (nSPS) is 11.9. The van der Waals surface area contributed by atoms with Crippen molar-refractivity contribution in [3.63, 3.8) is 0 Å². The minimum Gasteiger partial charge on any atom is -0.481 e. The zero-order chi connectivity index (χ0) is 15.8. The third kappa shape index (κ3) is 7.09. The predicted molar refractivity (Wildman–Crippen MR) is 79.4 cm³/mol. The van der Waals surface area contributed by atoms with Gasteiger partial charge in [-0.15, -0.1) is 11.3 Å². The lowest BCUT2D eigenvalue weighted by Crippen LogP contribution is -2.42. The van der Waals surface area contributed by atoms with E-state index in [4.69, 9.17) is 10.2 Å². The summed E-state index contributed by atoms with van der Waals surface area (Å²) in [5, 5.41) is 22.5. The number of carboxylic acid groups (broad SMARTS) is 2. The molecule has 21 heavy (non-hydrogen) atoms. The van der Waals surface area contributed by atoms with Gasteiger partial charge in [0.25, 0.3) is 0 Å². The second kappa shape index (κ2) is 8.63. The van der Waals surface area contributed by atoms with Gasteiger partial charge in [0.05, 0.1) is 17.1 Å². The molecule has 0 aliphatic rings. The van der Waals surface area contributed by atoms with Gasteiger partial charge in [0.1, 0.15) is 6.04 Å². The Hall–Kier alpha value is -1.61. The van der Waals surface area contributed by atoms with Gasteiger partial charge in [0, 0.05) is 23.3 Å². The van der Waals surface area contributed by atoms with Crippen molar-refractivity contribution < 1.29 is 24.6 Å². The molecule has 0 radical (unpaired) electrons. The van der Waals surface area contributed by atoms with Crippen molar-refractivity contribution in [3.8, 4) is 0 Å². The van der Waals surface area contributed by atoms with Crippen LogP contribution >= 0.6 is 23.1 Å². The zero-order valence-corrected chi connectivity index (χ0v) is 13.0. The summed E-state index contributed by atoms with van der Waals surface area (Å²) < 4.78 is 0. The van der Waals surface area contributed by atoms with Crippen LogP contribution in [0.1, 0.15) is 23.5 Å². The molecule has 0 bridgehead atoms. The molecule has 1 atom stereocenters. The molecule has 0 saturated heterocycles. The first kappa shape index (κ1) is 17.4. The number of hydrogen-bond donors (Lipinski definition) is 3. The number of nitrogens with one attached hydrogen (secondary N) is 1. The second-order valence-corrected chi connectivity index (χ2v) is 6.38. The highest BCUT2D eigenvalue weighted by Crippen LogP contribution is 2.15. The van der Waals surface area contributed by atoms with Gasteiger partial charge < -0.3 is 15.5 Å². The van der Waals surface area contributed by atoms with Crippen LogP contribution in [0.4, 0.5) is 0 Å². The first-order chi connectivity index (χ1) is 9.88. The molecule has 116 valence electrons. The van der Waals surface area contributed by atoms with Gasteiger partial charge in [-0.05, 0) is 6.92 Å². The van der Waals surface area contributed by atoms with Gasteiger partial charge in [-0.3, -0.25) is 9.59 Å². The van der Waals surface area contributed by atoms with Gasteiger partial charge in [0.15, 0.2) is 0 Å². The predicted octanol–water partition coefficient (Wildman–Crippen LogP) is 1.12. The molecule has 3 N–H and O–H groups in total. The molecule has 0 spiro atoms. The Morgan fingerprint density at radius 2 is 2.14 bits per heavy atom. The number of carbonyl (C=O) groups excluding carboxylic acids is 1. The summed E-state index contributed by atoms with van der Waals surface area (Å²) in [6.45, 7) is 1.92. The number of aryl methyl sites for hydroxylation is 1. The van der Waals surface area contributed by atoms with Crippen LogP contribution in [-0.2, 0) is 20.1 Å². The lowest BCUT2D eigenvalue weighted by atomic mass is 10.2.